The highest BCUT2D eigenvalue weighted by Gasteiger charge is 2.24. The SMILES string of the molecule is O=C(CS)N(CCO)C1CCCC1. The highest BCUT2D eigenvalue weighted by atomic mass is 32.1. The van der Waals surface area contributed by atoms with E-state index in [1.807, 2.05) is 0 Å². The van der Waals surface area contributed by atoms with Crippen molar-refractivity contribution in [3.63, 3.8) is 0 Å². The second kappa shape index (κ2) is 5.50. The number of aliphatic hydroxyl groups excluding tert-OH is 1. The molecule has 0 radical (unpaired) electrons. The molecule has 76 valence electrons. The molecule has 0 atom stereocenters. The number of rotatable bonds is 4. The number of aliphatic hydroxyl groups is 1. The summed E-state index contributed by atoms with van der Waals surface area (Å²) in [5.41, 5.74) is 0. The Morgan fingerprint density at radius 3 is 2.54 bits per heavy atom. The van der Waals surface area contributed by atoms with Crippen LogP contribution in [0, 0.1) is 0 Å². The van der Waals surface area contributed by atoms with E-state index >= 15 is 0 Å². The van der Waals surface area contributed by atoms with Gasteiger partial charge in [0.2, 0.25) is 5.91 Å². The van der Waals surface area contributed by atoms with Crippen molar-refractivity contribution < 1.29 is 9.90 Å². The molecule has 0 bridgehead atoms. The molecule has 0 heterocycles. The summed E-state index contributed by atoms with van der Waals surface area (Å²) in [6, 6.07) is 0.354. The molecule has 0 aromatic carbocycles. The molecule has 1 saturated carbocycles. The van der Waals surface area contributed by atoms with E-state index in [0.29, 0.717) is 12.6 Å². The van der Waals surface area contributed by atoms with Gasteiger partial charge in [0.25, 0.3) is 0 Å². The quantitative estimate of drug-likeness (QED) is 0.660. The van der Waals surface area contributed by atoms with Crippen LogP contribution in [0.1, 0.15) is 25.7 Å². The Bertz CT molecular complexity index is 169. The van der Waals surface area contributed by atoms with Gasteiger partial charge in [-0.1, -0.05) is 12.8 Å². The van der Waals surface area contributed by atoms with Crippen LogP contribution < -0.4 is 0 Å². The van der Waals surface area contributed by atoms with Gasteiger partial charge in [0.15, 0.2) is 0 Å². The Morgan fingerprint density at radius 1 is 1.46 bits per heavy atom. The lowest BCUT2D eigenvalue weighted by Gasteiger charge is -2.27. The largest absolute Gasteiger partial charge is 0.395 e. The summed E-state index contributed by atoms with van der Waals surface area (Å²) < 4.78 is 0. The molecule has 1 aliphatic rings. The third kappa shape index (κ3) is 2.88. The van der Waals surface area contributed by atoms with Crippen molar-refractivity contribution in [2.75, 3.05) is 18.9 Å². The minimum Gasteiger partial charge on any atom is -0.395 e. The van der Waals surface area contributed by atoms with Gasteiger partial charge in [0.1, 0.15) is 0 Å². The zero-order valence-electron chi connectivity index (χ0n) is 7.78. The van der Waals surface area contributed by atoms with Crippen molar-refractivity contribution in [2.24, 2.45) is 0 Å². The number of carbonyl (C=O) groups excluding carboxylic acids is 1. The molecule has 1 amide bonds. The fraction of sp³-hybridized carbons (Fsp3) is 0.889. The average molecular weight is 203 g/mol. The molecular weight excluding hydrogens is 186 g/mol. The normalized spacial score (nSPS) is 17.7. The number of nitrogens with zero attached hydrogens (tertiary/aromatic N) is 1. The van der Waals surface area contributed by atoms with Gasteiger partial charge in [0, 0.05) is 12.6 Å². The molecule has 0 aromatic rings. The van der Waals surface area contributed by atoms with Crippen LogP contribution in [0.2, 0.25) is 0 Å². The van der Waals surface area contributed by atoms with E-state index in [4.69, 9.17) is 5.11 Å². The molecule has 0 unspecified atom stereocenters. The first kappa shape index (κ1) is 10.9. The lowest BCUT2D eigenvalue weighted by molar-refractivity contribution is -0.131. The Balaban J connectivity index is 2.49. The number of amides is 1. The Kier molecular flexibility index (Phi) is 4.59. The van der Waals surface area contributed by atoms with Crippen molar-refractivity contribution in [1.29, 1.82) is 0 Å². The Labute approximate surface area is 84.5 Å². The molecule has 1 rings (SSSR count). The zero-order valence-corrected chi connectivity index (χ0v) is 8.67. The van der Waals surface area contributed by atoms with E-state index in [2.05, 4.69) is 12.6 Å². The van der Waals surface area contributed by atoms with Crippen LogP contribution in [0.15, 0.2) is 0 Å². The van der Waals surface area contributed by atoms with E-state index < -0.39 is 0 Å². The van der Waals surface area contributed by atoms with E-state index in [9.17, 15) is 4.79 Å². The van der Waals surface area contributed by atoms with Gasteiger partial charge in [-0.25, -0.2) is 0 Å². The van der Waals surface area contributed by atoms with E-state index in [0.717, 1.165) is 12.8 Å². The summed E-state index contributed by atoms with van der Waals surface area (Å²) in [4.78, 5) is 13.2. The minimum absolute atomic E-state index is 0.0456. The summed E-state index contributed by atoms with van der Waals surface area (Å²) >= 11 is 3.97. The van der Waals surface area contributed by atoms with Gasteiger partial charge < -0.3 is 10.0 Å². The van der Waals surface area contributed by atoms with Crippen molar-refractivity contribution in [3.05, 3.63) is 0 Å². The van der Waals surface area contributed by atoms with Crippen molar-refractivity contribution in [1.82, 2.24) is 4.90 Å². The fourth-order valence-corrected chi connectivity index (χ4v) is 2.11. The second-order valence-corrected chi connectivity index (χ2v) is 3.72. The molecule has 1 aliphatic carbocycles. The van der Waals surface area contributed by atoms with Gasteiger partial charge in [0.05, 0.1) is 12.4 Å². The summed E-state index contributed by atoms with van der Waals surface area (Å²) in [5.74, 6) is 0.292. The maximum atomic E-state index is 11.4. The molecule has 13 heavy (non-hydrogen) atoms. The fourth-order valence-electron chi connectivity index (χ4n) is 1.93. The van der Waals surface area contributed by atoms with E-state index in [-0.39, 0.29) is 18.3 Å². The molecule has 0 saturated heterocycles. The number of carbonyl (C=O) groups is 1. The van der Waals surface area contributed by atoms with Gasteiger partial charge in [-0.05, 0) is 12.8 Å². The highest BCUT2D eigenvalue weighted by Crippen LogP contribution is 2.23. The predicted octanol–water partition coefficient (Wildman–Crippen LogP) is 0.680. The van der Waals surface area contributed by atoms with Crippen molar-refractivity contribution in [2.45, 2.75) is 31.7 Å². The summed E-state index contributed by atoms with van der Waals surface area (Å²) in [7, 11) is 0. The minimum atomic E-state index is 0.0456. The Morgan fingerprint density at radius 2 is 2.08 bits per heavy atom. The molecule has 1 fully saturated rings. The standard InChI is InChI=1S/C9H17NO2S/c11-6-5-10(9(12)7-13)8-3-1-2-4-8/h8,11,13H,1-7H2. The van der Waals surface area contributed by atoms with Crippen LogP contribution in [0.4, 0.5) is 0 Å². The van der Waals surface area contributed by atoms with Crippen LogP contribution in [-0.4, -0.2) is 40.9 Å². The Hall–Kier alpha value is -0.220. The molecule has 4 heteroatoms. The summed E-state index contributed by atoms with van der Waals surface area (Å²) in [6.45, 7) is 0.514. The number of hydrogen-bond donors (Lipinski definition) is 2. The van der Waals surface area contributed by atoms with Crippen LogP contribution in [-0.2, 0) is 4.79 Å². The van der Waals surface area contributed by atoms with Gasteiger partial charge in [-0.2, -0.15) is 12.6 Å². The number of thiol groups is 1. The predicted molar refractivity (Wildman–Crippen MR) is 54.9 cm³/mol. The van der Waals surface area contributed by atoms with Gasteiger partial charge in [-0.3, -0.25) is 4.79 Å². The average Bonchev–Trinajstić information content (AvgIpc) is 2.65. The second-order valence-electron chi connectivity index (χ2n) is 3.41. The summed E-state index contributed by atoms with van der Waals surface area (Å²) in [5, 5.41) is 8.82. The monoisotopic (exact) mass is 203 g/mol. The van der Waals surface area contributed by atoms with Gasteiger partial charge >= 0.3 is 0 Å². The van der Waals surface area contributed by atoms with E-state index in [1.54, 1.807) is 4.90 Å². The maximum absolute atomic E-state index is 11.4. The molecule has 1 N–H and O–H groups in total. The molecule has 0 aliphatic heterocycles. The van der Waals surface area contributed by atoms with Gasteiger partial charge in [-0.15, -0.1) is 0 Å². The lowest BCUT2D eigenvalue weighted by Crippen LogP contribution is -2.41. The molecular formula is C9H17NO2S. The summed E-state index contributed by atoms with van der Waals surface area (Å²) in [6.07, 6.45) is 4.57. The van der Waals surface area contributed by atoms with Crippen LogP contribution in [0.25, 0.3) is 0 Å². The first-order valence-electron chi connectivity index (χ1n) is 4.80. The lowest BCUT2D eigenvalue weighted by atomic mass is 10.2. The van der Waals surface area contributed by atoms with Crippen LogP contribution in [0.3, 0.4) is 0 Å². The first-order chi connectivity index (χ1) is 6.29. The van der Waals surface area contributed by atoms with Crippen LogP contribution in [0.5, 0.6) is 0 Å². The zero-order chi connectivity index (χ0) is 9.68. The van der Waals surface area contributed by atoms with E-state index in [1.165, 1.54) is 12.8 Å². The van der Waals surface area contributed by atoms with Crippen molar-refractivity contribution in [3.8, 4) is 0 Å². The maximum Gasteiger partial charge on any atom is 0.232 e. The highest BCUT2D eigenvalue weighted by molar-refractivity contribution is 7.81. The third-order valence-electron chi connectivity index (χ3n) is 2.56. The molecule has 0 spiro atoms. The third-order valence-corrected chi connectivity index (χ3v) is 2.83. The van der Waals surface area contributed by atoms with Crippen LogP contribution >= 0.6 is 12.6 Å². The molecule has 0 aromatic heterocycles. The smallest absolute Gasteiger partial charge is 0.232 e. The first-order valence-corrected chi connectivity index (χ1v) is 5.44. The van der Waals surface area contributed by atoms with Crippen molar-refractivity contribution >= 4 is 18.5 Å². The molecule has 3 nitrogen and oxygen atoms in total. The topological polar surface area (TPSA) is 40.5 Å². The number of hydrogen-bond acceptors (Lipinski definition) is 3.